The highest BCUT2D eigenvalue weighted by atomic mass is 16.5. The van der Waals surface area contributed by atoms with Crippen molar-refractivity contribution in [2.75, 3.05) is 11.9 Å². The van der Waals surface area contributed by atoms with Gasteiger partial charge in [0.2, 0.25) is 0 Å². The van der Waals surface area contributed by atoms with Gasteiger partial charge in [-0.1, -0.05) is 18.2 Å². The fourth-order valence-corrected chi connectivity index (χ4v) is 1.86. The second kappa shape index (κ2) is 6.58. The molecule has 0 fully saturated rings. The maximum Gasteiger partial charge on any atom is 0.262 e. The molecule has 0 saturated carbocycles. The average Bonchev–Trinajstić information content (AvgIpc) is 2.49. The van der Waals surface area contributed by atoms with Gasteiger partial charge in [0, 0.05) is 5.69 Å². The molecule has 2 rings (SSSR count). The molecule has 0 aliphatic carbocycles. The van der Waals surface area contributed by atoms with Crippen LogP contribution in [0.4, 0.5) is 5.69 Å². The number of carbonyl (C=O) groups excluding carboxylic acids is 1. The molecular weight excluding hydrogens is 264 g/mol. The number of nitrogens with one attached hydrogen (secondary N) is 1. The zero-order chi connectivity index (χ0) is 15.2. The summed E-state index contributed by atoms with van der Waals surface area (Å²) in [5, 5.41) is 11.6. The molecule has 0 aliphatic heterocycles. The number of aryl methyl sites for hydroxylation is 2. The molecule has 4 heteroatoms. The molecule has 2 aromatic rings. The van der Waals surface area contributed by atoms with Crippen LogP contribution in [0.25, 0.3) is 0 Å². The molecule has 0 spiro atoms. The SMILES string of the molecule is Cc1ccc(C)c(NC(=O)COc2cccc(C#N)c2)c1. The van der Waals surface area contributed by atoms with Crippen molar-refractivity contribution in [1.82, 2.24) is 0 Å². The fourth-order valence-electron chi connectivity index (χ4n) is 1.86. The summed E-state index contributed by atoms with van der Waals surface area (Å²) in [5.41, 5.74) is 3.37. The van der Waals surface area contributed by atoms with E-state index in [4.69, 9.17) is 10.00 Å². The van der Waals surface area contributed by atoms with Crippen molar-refractivity contribution >= 4 is 11.6 Å². The molecule has 0 heterocycles. The molecule has 106 valence electrons. The Labute approximate surface area is 124 Å². The van der Waals surface area contributed by atoms with E-state index < -0.39 is 0 Å². The minimum Gasteiger partial charge on any atom is -0.484 e. The van der Waals surface area contributed by atoms with Gasteiger partial charge in [0.15, 0.2) is 6.61 Å². The Balaban J connectivity index is 1.96. The van der Waals surface area contributed by atoms with Crippen LogP contribution in [0.5, 0.6) is 5.75 Å². The molecule has 0 aromatic heterocycles. The van der Waals surface area contributed by atoms with Gasteiger partial charge in [-0.15, -0.1) is 0 Å². The lowest BCUT2D eigenvalue weighted by Crippen LogP contribution is -2.20. The van der Waals surface area contributed by atoms with E-state index in [0.717, 1.165) is 16.8 Å². The monoisotopic (exact) mass is 280 g/mol. The molecule has 0 atom stereocenters. The van der Waals surface area contributed by atoms with Gasteiger partial charge in [-0.05, 0) is 49.2 Å². The van der Waals surface area contributed by atoms with E-state index in [1.165, 1.54) is 0 Å². The number of hydrogen-bond acceptors (Lipinski definition) is 3. The van der Waals surface area contributed by atoms with Crippen LogP contribution in [0.15, 0.2) is 42.5 Å². The normalized spacial score (nSPS) is 9.76. The first-order valence-corrected chi connectivity index (χ1v) is 6.58. The Kier molecular flexibility index (Phi) is 4.57. The van der Waals surface area contributed by atoms with E-state index in [9.17, 15) is 4.79 Å². The summed E-state index contributed by atoms with van der Waals surface area (Å²) in [4.78, 5) is 11.9. The maximum absolute atomic E-state index is 11.9. The number of amides is 1. The molecule has 0 aliphatic rings. The highest BCUT2D eigenvalue weighted by molar-refractivity contribution is 5.92. The van der Waals surface area contributed by atoms with Crippen molar-refractivity contribution in [3.8, 4) is 11.8 Å². The molecular formula is C17H16N2O2. The van der Waals surface area contributed by atoms with Crippen LogP contribution >= 0.6 is 0 Å². The van der Waals surface area contributed by atoms with Gasteiger partial charge >= 0.3 is 0 Å². The second-order valence-electron chi connectivity index (χ2n) is 4.79. The lowest BCUT2D eigenvalue weighted by atomic mass is 10.1. The smallest absolute Gasteiger partial charge is 0.262 e. The second-order valence-corrected chi connectivity index (χ2v) is 4.79. The van der Waals surface area contributed by atoms with Gasteiger partial charge < -0.3 is 10.1 Å². The van der Waals surface area contributed by atoms with Gasteiger partial charge in [0.1, 0.15) is 5.75 Å². The van der Waals surface area contributed by atoms with Crippen LogP contribution < -0.4 is 10.1 Å². The Morgan fingerprint density at radius 2 is 2.05 bits per heavy atom. The van der Waals surface area contributed by atoms with Gasteiger partial charge in [-0.25, -0.2) is 0 Å². The minimum atomic E-state index is -0.230. The van der Waals surface area contributed by atoms with Crippen molar-refractivity contribution < 1.29 is 9.53 Å². The number of anilines is 1. The molecule has 4 nitrogen and oxygen atoms in total. The molecule has 2 aromatic carbocycles. The maximum atomic E-state index is 11.9. The Hall–Kier alpha value is -2.80. The average molecular weight is 280 g/mol. The number of rotatable bonds is 4. The van der Waals surface area contributed by atoms with E-state index in [-0.39, 0.29) is 12.5 Å². The summed E-state index contributed by atoms with van der Waals surface area (Å²) in [6.45, 7) is 3.81. The van der Waals surface area contributed by atoms with Crippen molar-refractivity contribution in [2.45, 2.75) is 13.8 Å². The highest BCUT2D eigenvalue weighted by Gasteiger charge is 2.06. The highest BCUT2D eigenvalue weighted by Crippen LogP contribution is 2.17. The summed E-state index contributed by atoms with van der Waals surface area (Å²) >= 11 is 0. The van der Waals surface area contributed by atoms with Crippen molar-refractivity contribution in [1.29, 1.82) is 5.26 Å². The summed E-state index contributed by atoms with van der Waals surface area (Å²) in [6, 6.07) is 14.6. The summed E-state index contributed by atoms with van der Waals surface area (Å²) < 4.78 is 5.39. The summed E-state index contributed by atoms with van der Waals surface area (Å²) in [7, 11) is 0. The molecule has 0 radical (unpaired) electrons. The standard InChI is InChI=1S/C17H16N2O2/c1-12-6-7-13(2)16(8-12)19-17(20)11-21-15-5-3-4-14(9-15)10-18/h3-9H,11H2,1-2H3,(H,19,20). The van der Waals surface area contributed by atoms with Crippen LogP contribution in [-0.2, 0) is 4.79 Å². The van der Waals surface area contributed by atoms with Gasteiger partial charge in [-0.3, -0.25) is 4.79 Å². The fraction of sp³-hybridized carbons (Fsp3) is 0.176. The van der Waals surface area contributed by atoms with Gasteiger partial charge in [0.05, 0.1) is 11.6 Å². The Morgan fingerprint density at radius 3 is 2.81 bits per heavy atom. The van der Waals surface area contributed by atoms with E-state index >= 15 is 0 Å². The Bertz CT molecular complexity index is 702. The van der Waals surface area contributed by atoms with Crippen molar-refractivity contribution in [3.05, 3.63) is 59.2 Å². The van der Waals surface area contributed by atoms with Crippen molar-refractivity contribution in [2.24, 2.45) is 0 Å². The third-order valence-corrected chi connectivity index (χ3v) is 3.00. The first kappa shape index (κ1) is 14.6. The summed E-state index contributed by atoms with van der Waals surface area (Å²) in [5.74, 6) is 0.274. The third kappa shape index (κ3) is 4.08. The lowest BCUT2D eigenvalue weighted by Gasteiger charge is -2.10. The number of benzene rings is 2. The Morgan fingerprint density at radius 1 is 1.24 bits per heavy atom. The van der Waals surface area contributed by atoms with E-state index in [1.54, 1.807) is 24.3 Å². The number of hydrogen-bond donors (Lipinski definition) is 1. The largest absolute Gasteiger partial charge is 0.484 e. The van der Waals surface area contributed by atoms with Gasteiger partial charge in [0.25, 0.3) is 5.91 Å². The predicted octanol–water partition coefficient (Wildman–Crippen LogP) is 3.19. The summed E-state index contributed by atoms with van der Waals surface area (Å²) in [6.07, 6.45) is 0. The van der Waals surface area contributed by atoms with Crippen LogP contribution in [0, 0.1) is 25.2 Å². The first-order valence-electron chi connectivity index (χ1n) is 6.58. The third-order valence-electron chi connectivity index (χ3n) is 3.00. The molecule has 0 saturated heterocycles. The van der Waals surface area contributed by atoms with E-state index in [1.807, 2.05) is 38.1 Å². The predicted molar refractivity (Wildman–Crippen MR) is 81.2 cm³/mol. The molecule has 1 amide bonds. The van der Waals surface area contributed by atoms with Gasteiger partial charge in [-0.2, -0.15) is 5.26 Å². The van der Waals surface area contributed by atoms with Crippen molar-refractivity contribution in [3.63, 3.8) is 0 Å². The van der Waals surface area contributed by atoms with Crippen LogP contribution in [0.1, 0.15) is 16.7 Å². The molecule has 1 N–H and O–H groups in total. The molecule has 0 unspecified atom stereocenters. The molecule has 0 bridgehead atoms. The van der Waals surface area contributed by atoms with Crippen LogP contribution in [-0.4, -0.2) is 12.5 Å². The number of carbonyl (C=O) groups is 1. The number of ether oxygens (including phenoxy) is 1. The van der Waals surface area contributed by atoms with Crippen LogP contribution in [0.3, 0.4) is 0 Å². The quantitative estimate of drug-likeness (QED) is 0.935. The zero-order valence-corrected chi connectivity index (χ0v) is 12.0. The van der Waals surface area contributed by atoms with E-state index in [2.05, 4.69) is 5.32 Å². The number of nitrogens with zero attached hydrogens (tertiary/aromatic N) is 1. The number of nitriles is 1. The van der Waals surface area contributed by atoms with E-state index in [0.29, 0.717) is 11.3 Å². The first-order chi connectivity index (χ1) is 10.1. The minimum absolute atomic E-state index is 0.0950. The lowest BCUT2D eigenvalue weighted by molar-refractivity contribution is -0.118. The topological polar surface area (TPSA) is 62.1 Å². The zero-order valence-electron chi connectivity index (χ0n) is 12.0. The molecule has 21 heavy (non-hydrogen) atoms. The van der Waals surface area contributed by atoms with Crippen LogP contribution in [0.2, 0.25) is 0 Å².